The van der Waals surface area contributed by atoms with Crippen LogP contribution in [0.15, 0.2) is 24.4 Å². The minimum Gasteiger partial charge on any atom is -0.266 e. The van der Waals surface area contributed by atoms with Gasteiger partial charge in [0.15, 0.2) is 0 Å². The Bertz CT molecular complexity index is 378. The third-order valence-electron chi connectivity index (χ3n) is 5.66. The van der Waals surface area contributed by atoms with Crippen molar-refractivity contribution in [2.24, 2.45) is 0 Å². The second kappa shape index (κ2) is 9.49. The SMILES string of the molecule is CCCCC(CCCC)(CCCC)[Si](C)(C)c1ccccn1. The number of aromatic nitrogens is 1. The molecular formula is C20H37NSi. The molecule has 0 radical (unpaired) electrons. The number of nitrogens with zero attached hydrogens (tertiary/aromatic N) is 1. The number of hydrogen-bond donors (Lipinski definition) is 0. The van der Waals surface area contributed by atoms with Crippen LogP contribution in [-0.4, -0.2) is 13.1 Å². The smallest absolute Gasteiger partial charge is 0.110 e. The van der Waals surface area contributed by atoms with Gasteiger partial charge in [0, 0.05) is 11.5 Å². The van der Waals surface area contributed by atoms with E-state index < -0.39 is 8.07 Å². The van der Waals surface area contributed by atoms with Crippen LogP contribution in [0.5, 0.6) is 0 Å². The predicted molar refractivity (Wildman–Crippen MR) is 103 cm³/mol. The lowest BCUT2D eigenvalue weighted by Crippen LogP contribution is -2.54. The Hall–Kier alpha value is -0.633. The lowest BCUT2D eigenvalue weighted by atomic mass is 9.89. The molecule has 0 amide bonds. The Balaban J connectivity index is 3.17. The van der Waals surface area contributed by atoms with Crippen LogP contribution >= 0.6 is 0 Å². The maximum absolute atomic E-state index is 4.80. The molecule has 0 aliphatic heterocycles. The third-order valence-corrected chi connectivity index (χ3v) is 10.6. The summed E-state index contributed by atoms with van der Waals surface area (Å²) in [6, 6.07) is 6.53. The lowest BCUT2D eigenvalue weighted by Gasteiger charge is -2.46. The molecular weight excluding hydrogens is 282 g/mol. The van der Waals surface area contributed by atoms with E-state index in [1.54, 1.807) is 0 Å². The van der Waals surface area contributed by atoms with Gasteiger partial charge in [-0.2, -0.15) is 0 Å². The van der Waals surface area contributed by atoms with Crippen LogP contribution in [0.1, 0.15) is 78.6 Å². The van der Waals surface area contributed by atoms with Crippen LogP contribution in [0.25, 0.3) is 0 Å². The Morgan fingerprint density at radius 2 is 1.36 bits per heavy atom. The van der Waals surface area contributed by atoms with Crippen LogP contribution < -0.4 is 5.32 Å². The molecule has 1 aromatic rings. The molecule has 0 spiro atoms. The highest BCUT2D eigenvalue weighted by molar-refractivity contribution is 6.91. The van der Waals surface area contributed by atoms with Gasteiger partial charge >= 0.3 is 0 Å². The van der Waals surface area contributed by atoms with Gasteiger partial charge in [-0.1, -0.05) is 78.5 Å². The molecule has 0 saturated heterocycles. The van der Waals surface area contributed by atoms with Gasteiger partial charge in [0.2, 0.25) is 0 Å². The predicted octanol–water partition coefficient (Wildman–Crippen LogP) is 6.31. The highest BCUT2D eigenvalue weighted by atomic mass is 28.3. The monoisotopic (exact) mass is 319 g/mol. The largest absolute Gasteiger partial charge is 0.266 e. The zero-order valence-electron chi connectivity index (χ0n) is 15.6. The van der Waals surface area contributed by atoms with E-state index in [9.17, 15) is 0 Å². The molecule has 1 nitrogen and oxygen atoms in total. The topological polar surface area (TPSA) is 12.9 Å². The molecule has 2 heteroatoms. The summed E-state index contributed by atoms with van der Waals surface area (Å²) in [6.45, 7) is 12.2. The first-order valence-electron chi connectivity index (χ1n) is 9.45. The number of rotatable bonds is 11. The van der Waals surface area contributed by atoms with Crippen molar-refractivity contribution in [3.63, 3.8) is 0 Å². The van der Waals surface area contributed by atoms with Gasteiger partial charge in [-0.15, -0.1) is 0 Å². The Labute approximate surface area is 140 Å². The van der Waals surface area contributed by atoms with Gasteiger partial charge in [0.1, 0.15) is 8.07 Å². The first-order chi connectivity index (χ1) is 10.5. The van der Waals surface area contributed by atoms with Crippen molar-refractivity contribution in [3.05, 3.63) is 24.4 Å². The summed E-state index contributed by atoms with van der Waals surface area (Å²) in [6.07, 6.45) is 14.3. The molecule has 0 N–H and O–H groups in total. The zero-order valence-corrected chi connectivity index (χ0v) is 16.6. The number of hydrogen-bond acceptors (Lipinski definition) is 1. The van der Waals surface area contributed by atoms with E-state index in [1.165, 1.54) is 63.1 Å². The summed E-state index contributed by atoms with van der Waals surface area (Å²) in [5, 5.41) is 1.95. The van der Waals surface area contributed by atoms with Gasteiger partial charge in [-0.3, -0.25) is 4.98 Å². The van der Waals surface area contributed by atoms with Crippen LogP contribution in [0, 0.1) is 0 Å². The van der Waals surface area contributed by atoms with E-state index >= 15 is 0 Å². The highest BCUT2D eigenvalue weighted by Crippen LogP contribution is 2.51. The van der Waals surface area contributed by atoms with Crippen molar-refractivity contribution in [2.45, 2.75) is 96.7 Å². The summed E-state index contributed by atoms with van der Waals surface area (Å²) in [7, 11) is -1.58. The zero-order chi connectivity index (χ0) is 16.5. The lowest BCUT2D eigenvalue weighted by molar-refractivity contribution is 0.388. The summed E-state index contributed by atoms with van der Waals surface area (Å²) >= 11 is 0. The van der Waals surface area contributed by atoms with Crippen molar-refractivity contribution < 1.29 is 0 Å². The van der Waals surface area contributed by atoms with E-state index in [2.05, 4.69) is 52.1 Å². The van der Waals surface area contributed by atoms with Gasteiger partial charge in [-0.25, -0.2) is 0 Å². The van der Waals surface area contributed by atoms with Crippen molar-refractivity contribution >= 4 is 13.4 Å². The summed E-state index contributed by atoms with van der Waals surface area (Å²) in [5.74, 6) is 0. The van der Waals surface area contributed by atoms with Crippen LogP contribution in [-0.2, 0) is 0 Å². The van der Waals surface area contributed by atoms with Crippen molar-refractivity contribution in [1.82, 2.24) is 4.98 Å². The average Bonchev–Trinajstić information content (AvgIpc) is 2.55. The number of pyridine rings is 1. The second-order valence-electron chi connectivity index (χ2n) is 7.43. The highest BCUT2D eigenvalue weighted by Gasteiger charge is 2.46. The van der Waals surface area contributed by atoms with E-state index in [1.807, 2.05) is 6.20 Å². The summed E-state index contributed by atoms with van der Waals surface area (Å²) in [5.41, 5.74) is 0. The first kappa shape index (κ1) is 19.4. The molecule has 0 aromatic carbocycles. The Morgan fingerprint density at radius 3 is 1.73 bits per heavy atom. The molecule has 126 valence electrons. The molecule has 0 aliphatic rings. The third kappa shape index (κ3) is 4.68. The molecule has 0 bridgehead atoms. The van der Waals surface area contributed by atoms with Gasteiger partial charge in [0.25, 0.3) is 0 Å². The van der Waals surface area contributed by atoms with Crippen molar-refractivity contribution in [1.29, 1.82) is 0 Å². The summed E-state index contributed by atoms with van der Waals surface area (Å²) < 4.78 is 0. The molecule has 0 unspecified atom stereocenters. The fraction of sp³-hybridized carbons (Fsp3) is 0.750. The maximum Gasteiger partial charge on any atom is 0.110 e. The molecule has 1 aromatic heterocycles. The van der Waals surface area contributed by atoms with Crippen molar-refractivity contribution in [3.8, 4) is 0 Å². The number of unbranched alkanes of at least 4 members (excludes halogenated alkanes) is 3. The minimum atomic E-state index is -1.58. The van der Waals surface area contributed by atoms with E-state index in [4.69, 9.17) is 4.98 Å². The summed E-state index contributed by atoms with van der Waals surface area (Å²) in [4.78, 5) is 4.80. The minimum absolute atomic E-state index is 0.531. The Morgan fingerprint density at radius 1 is 0.864 bits per heavy atom. The molecule has 0 saturated carbocycles. The standard InChI is InChI=1S/C20H37NSi/c1-6-9-15-20(16-10-7-2,17-11-8-3)22(4,5)19-14-12-13-18-21-19/h12-14,18H,6-11,15-17H2,1-5H3. The van der Waals surface area contributed by atoms with E-state index in [-0.39, 0.29) is 0 Å². The molecule has 0 fully saturated rings. The van der Waals surface area contributed by atoms with Gasteiger partial charge in [0.05, 0.1) is 0 Å². The molecule has 1 rings (SSSR count). The van der Waals surface area contributed by atoms with E-state index in [0.717, 1.165) is 0 Å². The first-order valence-corrected chi connectivity index (χ1v) is 12.5. The molecule has 1 heterocycles. The second-order valence-corrected chi connectivity index (χ2v) is 12.3. The fourth-order valence-electron chi connectivity index (χ4n) is 3.86. The Kier molecular flexibility index (Phi) is 8.38. The van der Waals surface area contributed by atoms with Crippen LogP contribution in [0.2, 0.25) is 18.1 Å². The molecule has 22 heavy (non-hydrogen) atoms. The normalized spacial score (nSPS) is 12.6. The fourth-order valence-corrected chi connectivity index (χ4v) is 7.72. The van der Waals surface area contributed by atoms with Crippen molar-refractivity contribution in [2.75, 3.05) is 0 Å². The quantitative estimate of drug-likeness (QED) is 0.436. The van der Waals surface area contributed by atoms with E-state index in [0.29, 0.717) is 5.04 Å². The average molecular weight is 320 g/mol. The van der Waals surface area contributed by atoms with Crippen LogP contribution in [0.3, 0.4) is 0 Å². The van der Waals surface area contributed by atoms with Crippen LogP contribution in [0.4, 0.5) is 0 Å². The molecule has 0 atom stereocenters. The van der Waals surface area contributed by atoms with Gasteiger partial charge in [-0.05, 0) is 36.4 Å². The van der Waals surface area contributed by atoms with Gasteiger partial charge < -0.3 is 0 Å². The molecule has 0 aliphatic carbocycles. The maximum atomic E-state index is 4.80.